The Bertz CT molecular complexity index is 436. The molecule has 112 valence electrons. The summed E-state index contributed by atoms with van der Waals surface area (Å²) in [4.78, 5) is 12.0. The van der Waals surface area contributed by atoms with Crippen LogP contribution in [-0.2, 0) is 11.2 Å². The van der Waals surface area contributed by atoms with Crippen molar-refractivity contribution in [1.82, 2.24) is 10.6 Å². The number of halogens is 2. The number of hydrogen-bond donors (Lipinski definition) is 2. The van der Waals surface area contributed by atoms with Gasteiger partial charge in [0.1, 0.15) is 0 Å². The molecule has 2 rings (SSSR count). The van der Waals surface area contributed by atoms with Crippen LogP contribution in [0.4, 0.5) is 0 Å². The Morgan fingerprint density at radius 3 is 3.00 bits per heavy atom. The Morgan fingerprint density at radius 2 is 2.35 bits per heavy atom. The van der Waals surface area contributed by atoms with Gasteiger partial charge in [-0.15, -0.1) is 12.4 Å². The molecule has 0 aliphatic carbocycles. The molecule has 1 aliphatic heterocycles. The third kappa shape index (κ3) is 5.43. The summed E-state index contributed by atoms with van der Waals surface area (Å²) in [5, 5.41) is 6.51. The summed E-state index contributed by atoms with van der Waals surface area (Å²) < 4.78 is 1.02. The van der Waals surface area contributed by atoms with E-state index in [1.807, 2.05) is 24.3 Å². The van der Waals surface area contributed by atoms with Gasteiger partial charge in [0.05, 0.1) is 6.42 Å². The minimum atomic E-state index is 0. The molecule has 2 atom stereocenters. The van der Waals surface area contributed by atoms with Crippen LogP contribution < -0.4 is 10.6 Å². The number of carbonyl (C=O) groups is 1. The van der Waals surface area contributed by atoms with Gasteiger partial charge in [0.2, 0.25) is 5.91 Å². The molecule has 1 heterocycles. The molecule has 1 saturated heterocycles. The first-order valence-corrected chi connectivity index (χ1v) is 7.69. The minimum absolute atomic E-state index is 0. The van der Waals surface area contributed by atoms with E-state index in [1.165, 1.54) is 12.8 Å². The van der Waals surface area contributed by atoms with Gasteiger partial charge in [-0.1, -0.05) is 28.1 Å². The fraction of sp³-hybridized carbons (Fsp3) is 0.533. The summed E-state index contributed by atoms with van der Waals surface area (Å²) in [6, 6.07) is 8.15. The molecular formula is C15H22BrClN2O. The highest BCUT2D eigenvalue weighted by molar-refractivity contribution is 9.10. The van der Waals surface area contributed by atoms with Crippen LogP contribution in [0.5, 0.6) is 0 Å². The summed E-state index contributed by atoms with van der Waals surface area (Å²) >= 11 is 3.43. The standard InChI is InChI=1S/C15H21BrN2O.ClH/c1-11(13-5-3-7-17-10-13)18-15(19)9-12-4-2-6-14(16)8-12;/h2,4,6,8,11,13,17H,3,5,7,9-10H2,1H3,(H,18,19);1H. The molecule has 2 unspecified atom stereocenters. The van der Waals surface area contributed by atoms with Gasteiger partial charge in [-0.05, 0) is 56.5 Å². The maximum atomic E-state index is 12.0. The van der Waals surface area contributed by atoms with Gasteiger partial charge < -0.3 is 10.6 Å². The first-order chi connectivity index (χ1) is 9.15. The molecular weight excluding hydrogens is 340 g/mol. The van der Waals surface area contributed by atoms with Crippen LogP contribution in [0.3, 0.4) is 0 Å². The average molecular weight is 362 g/mol. The van der Waals surface area contributed by atoms with E-state index >= 15 is 0 Å². The van der Waals surface area contributed by atoms with Gasteiger partial charge in [-0.25, -0.2) is 0 Å². The number of rotatable bonds is 4. The summed E-state index contributed by atoms with van der Waals surface area (Å²) in [5.74, 6) is 0.663. The lowest BCUT2D eigenvalue weighted by atomic mass is 9.92. The zero-order valence-electron chi connectivity index (χ0n) is 11.7. The van der Waals surface area contributed by atoms with E-state index < -0.39 is 0 Å². The number of amides is 1. The van der Waals surface area contributed by atoms with E-state index in [4.69, 9.17) is 0 Å². The average Bonchev–Trinajstić information content (AvgIpc) is 2.39. The van der Waals surface area contributed by atoms with Gasteiger partial charge in [-0.2, -0.15) is 0 Å². The highest BCUT2D eigenvalue weighted by Crippen LogP contribution is 2.15. The maximum absolute atomic E-state index is 12.0. The molecule has 0 aromatic heterocycles. The Morgan fingerprint density at radius 1 is 1.55 bits per heavy atom. The third-order valence-electron chi connectivity index (χ3n) is 3.68. The van der Waals surface area contributed by atoms with Gasteiger partial charge >= 0.3 is 0 Å². The lowest BCUT2D eigenvalue weighted by Crippen LogP contribution is -2.45. The highest BCUT2D eigenvalue weighted by atomic mass is 79.9. The van der Waals surface area contributed by atoms with Crippen LogP contribution in [0.1, 0.15) is 25.3 Å². The molecule has 1 aromatic rings. The molecule has 5 heteroatoms. The second-order valence-electron chi connectivity index (χ2n) is 5.27. The van der Waals surface area contributed by atoms with Crippen molar-refractivity contribution in [2.45, 2.75) is 32.2 Å². The molecule has 1 fully saturated rings. The SMILES string of the molecule is CC(NC(=O)Cc1cccc(Br)c1)C1CCCNC1.Cl. The van der Waals surface area contributed by atoms with Gasteiger partial charge in [0.25, 0.3) is 0 Å². The molecule has 20 heavy (non-hydrogen) atoms. The van der Waals surface area contributed by atoms with Crippen molar-refractivity contribution in [3.8, 4) is 0 Å². The second kappa shape index (κ2) is 8.65. The fourth-order valence-electron chi connectivity index (χ4n) is 2.56. The smallest absolute Gasteiger partial charge is 0.224 e. The minimum Gasteiger partial charge on any atom is -0.353 e. The highest BCUT2D eigenvalue weighted by Gasteiger charge is 2.21. The molecule has 3 nitrogen and oxygen atoms in total. The van der Waals surface area contributed by atoms with Crippen LogP contribution in [0.25, 0.3) is 0 Å². The van der Waals surface area contributed by atoms with Crippen molar-refractivity contribution in [2.75, 3.05) is 13.1 Å². The topological polar surface area (TPSA) is 41.1 Å². The summed E-state index contributed by atoms with van der Waals surface area (Å²) in [5.41, 5.74) is 1.04. The molecule has 0 bridgehead atoms. The quantitative estimate of drug-likeness (QED) is 0.866. The van der Waals surface area contributed by atoms with Gasteiger partial charge in [-0.3, -0.25) is 4.79 Å². The van der Waals surface area contributed by atoms with Crippen molar-refractivity contribution in [3.63, 3.8) is 0 Å². The van der Waals surface area contributed by atoms with E-state index in [2.05, 4.69) is 33.5 Å². The Kier molecular flexibility index (Phi) is 7.56. The van der Waals surface area contributed by atoms with E-state index in [0.717, 1.165) is 23.1 Å². The van der Waals surface area contributed by atoms with Crippen LogP contribution in [0, 0.1) is 5.92 Å². The summed E-state index contributed by atoms with van der Waals surface area (Å²) in [6.45, 7) is 4.23. The monoisotopic (exact) mass is 360 g/mol. The molecule has 0 spiro atoms. The predicted octanol–water partition coefficient (Wildman–Crippen LogP) is 2.92. The first kappa shape index (κ1) is 17.5. The van der Waals surface area contributed by atoms with Crippen molar-refractivity contribution in [1.29, 1.82) is 0 Å². The van der Waals surface area contributed by atoms with Crippen LogP contribution in [0.2, 0.25) is 0 Å². The summed E-state index contributed by atoms with van der Waals surface area (Å²) in [6.07, 6.45) is 2.85. The van der Waals surface area contributed by atoms with Crippen molar-refractivity contribution >= 4 is 34.2 Å². The zero-order chi connectivity index (χ0) is 13.7. The Balaban J connectivity index is 0.00000200. The molecule has 1 aromatic carbocycles. The summed E-state index contributed by atoms with van der Waals surface area (Å²) in [7, 11) is 0. The number of carbonyl (C=O) groups excluding carboxylic acids is 1. The number of hydrogen-bond acceptors (Lipinski definition) is 2. The van der Waals surface area contributed by atoms with E-state index in [0.29, 0.717) is 12.3 Å². The van der Waals surface area contributed by atoms with Crippen LogP contribution in [0.15, 0.2) is 28.7 Å². The molecule has 0 radical (unpaired) electrons. The normalized spacial score (nSPS) is 19.8. The zero-order valence-corrected chi connectivity index (χ0v) is 14.1. The largest absolute Gasteiger partial charge is 0.353 e. The Labute approximate surface area is 135 Å². The Hall–Kier alpha value is -0.580. The third-order valence-corrected chi connectivity index (χ3v) is 4.18. The van der Waals surface area contributed by atoms with Crippen LogP contribution >= 0.6 is 28.3 Å². The van der Waals surface area contributed by atoms with Crippen LogP contribution in [-0.4, -0.2) is 25.0 Å². The van der Waals surface area contributed by atoms with Crippen molar-refractivity contribution < 1.29 is 4.79 Å². The number of nitrogens with one attached hydrogen (secondary N) is 2. The molecule has 1 amide bonds. The van der Waals surface area contributed by atoms with Crippen molar-refractivity contribution in [3.05, 3.63) is 34.3 Å². The number of benzene rings is 1. The van der Waals surface area contributed by atoms with E-state index in [1.54, 1.807) is 0 Å². The van der Waals surface area contributed by atoms with E-state index in [9.17, 15) is 4.79 Å². The predicted molar refractivity (Wildman–Crippen MR) is 88.3 cm³/mol. The van der Waals surface area contributed by atoms with Gasteiger partial charge in [0, 0.05) is 10.5 Å². The molecule has 2 N–H and O–H groups in total. The first-order valence-electron chi connectivity index (χ1n) is 6.89. The molecule has 1 aliphatic rings. The molecule has 0 saturated carbocycles. The van der Waals surface area contributed by atoms with E-state index in [-0.39, 0.29) is 24.4 Å². The lowest BCUT2D eigenvalue weighted by Gasteiger charge is -2.29. The fourth-order valence-corrected chi connectivity index (χ4v) is 3.01. The van der Waals surface area contributed by atoms with Gasteiger partial charge in [0.15, 0.2) is 0 Å². The lowest BCUT2D eigenvalue weighted by molar-refractivity contribution is -0.121. The second-order valence-corrected chi connectivity index (χ2v) is 6.18. The number of piperidine rings is 1. The van der Waals surface area contributed by atoms with Crippen molar-refractivity contribution in [2.24, 2.45) is 5.92 Å². The maximum Gasteiger partial charge on any atom is 0.224 e.